The number of rotatable bonds is 3. The maximum absolute atomic E-state index is 11.5. The number of nitrogens with zero attached hydrogens (tertiary/aromatic N) is 1. The summed E-state index contributed by atoms with van der Waals surface area (Å²) in [5.41, 5.74) is 3.66. The van der Waals surface area contributed by atoms with E-state index in [0.29, 0.717) is 16.4 Å². The largest absolute Gasteiger partial charge is 0.431 e. The smallest absolute Gasteiger partial charge is 0.336 e. The molecule has 0 amide bonds. The molecular weight excluding hydrogens is 310 g/mol. The molecule has 0 unspecified atom stereocenters. The molecule has 0 aliphatic rings. The third-order valence-corrected chi connectivity index (χ3v) is 4.54. The van der Waals surface area contributed by atoms with Gasteiger partial charge in [-0.1, -0.05) is 42.1 Å². The lowest BCUT2D eigenvalue weighted by atomic mass is 10.1. The number of aryl methyl sites for hydroxylation is 1. The first-order valence-corrected chi connectivity index (χ1v) is 8.19. The number of oxazole rings is 1. The van der Waals surface area contributed by atoms with Gasteiger partial charge in [0.2, 0.25) is 0 Å². The first kappa shape index (κ1) is 14.1. The zero-order chi connectivity index (χ0) is 15.8. The highest BCUT2D eigenvalue weighted by molar-refractivity contribution is 7.98. The quantitative estimate of drug-likeness (QED) is 0.409. The Labute approximate surface area is 136 Å². The van der Waals surface area contributed by atoms with E-state index < -0.39 is 0 Å². The molecule has 2 aromatic carbocycles. The molecule has 5 heteroatoms. The van der Waals surface area contributed by atoms with Crippen LogP contribution in [0.2, 0.25) is 0 Å². The number of hydrogen-bond donors (Lipinski definition) is 0. The standard InChI is InChI=1S/C18H13NO3S/c1-11-7-17(20)21-15-9-16-14(8-13(11)15)19-18(22-16)23-10-12-5-3-2-4-6-12/h2-9H,10H2,1H3. The van der Waals surface area contributed by atoms with Crippen molar-refractivity contribution in [3.05, 3.63) is 70.1 Å². The summed E-state index contributed by atoms with van der Waals surface area (Å²) in [5.74, 6) is 0.793. The molecule has 0 aliphatic carbocycles. The Morgan fingerprint density at radius 3 is 2.70 bits per heavy atom. The summed E-state index contributed by atoms with van der Waals surface area (Å²) < 4.78 is 11.0. The summed E-state index contributed by atoms with van der Waals surface area (Å²) in [6.07, 6.45) is 0. The highest BCUT2D eigenvalue weighted by atomic mass is 32.2. The number of hydrogen-bond acceptors (Lipinski definition) is 5. The van der Waals surface area contributed by atoms with Gasteiger partial charge in [0.25, 0.3) is 5.22 Å². The fraction of sp³-hybridized carbons (Fsp3) is 0.111. The molecule has 0 aliphatic heterocycles. The molecule has 0 fully saturated rings. The van der Waals surface area contributed by atoms with Gasteiger partial charge in [0.15, 0.2) is 5.58 Å². The minimum atomic E-state index is -0.354. The van der Waals surface area contributed by atoms with E-state index in [4.69, 9.17) is 8.83 Å². The van der Waals surface area contributed by atoms with Crippen molar-refractivity contribution in [2.75, 3.05) is 0 Å². The van der Waals surface area contributed by atoms with Crippen molar-refractivity contribution in [3.63, 3.8) is 0 Å². The zero-order valence-corrected chi connectivity index (χ0v) is 13.2. The van der Waals surface area contributed by atoms with Crippen LogP contribution in [0.4, 0.5) is 0 Å². The second-order valence-electron chi connectivity index (χ2n) is 5.32. The molecule has 0 spiro atoms. The highest BCUT2D eigenvalue weighted by Gasteiger charge is 2.11. The van der Waals surface area contributed by atoms with Gasteiger partial charge in [-0.25, -0.2) is 9.78 Å². The summed E-state index contributed by atoms with van der Waals surface area (Å²) in [4.78, 5) is 16.0. The summed E-state index contributed by atoms with van der Waals surface area (Å²) >= 11 is 1.54. The van der Waals surface area contributed by atoms with Crippen molar-refractivity contribution in [1.82, 2.24) is 4.98 Å². The molecule has 4 rings (SSSR count). The molecule has 4 nitrogen and oxygen atoms in total. The van der Waals surface area contributed by atoms with Crippen molar-refractivity contribution >= 4 is 33.8 Å². The average Bonchev–Trinajstić information content (AvgIpc) is 2.94. The van der Waals surface area contributed by atoms with Gasteiger partial charge in [0.1, 0.15) is 11.1 Å². The second-order valence-corrected chi connectivity index (χ2v) is 6.25. The molecule has 114 valence electrons. The van der Waals surface area contributed by atoms with Gasteiger partial charge in [0.05, 0.1) is 0 Å². The molecule has 0 saturated heterocycles. The van der Waals surface area contributed by atoms with E-state index in [9.17, 15) is 4.79 Å². The maximum Gasteiger partial charge on any atom is 0.336 e. The van der Waals surface area contributed by atoms with Gasteiger partial charge in [-0.15, -0.1) is 0 Å². The molecular formula is C18H13NO3S. The summed E-state index contributed by atoms with van der Waals surface area (Å²) in [6.45, 7) is 1.89. The SMILES string of the molecule is Cc1cc(=O)oc2cc3oc(SCc4ccccc4)nc3cc12. The molecule has 0 saturated carbocycles. The van der Waals surface area contributed by atoms with Gasteiger partial charge in [0, 0.05) is 23.3 Å². The predicted molar refractivity (Wildman–Crippen MR) is 90.8 cm³/mol. The van der Waals surface area contributed by atoms with E-state index in [-0.39, 0.29) is 5.63 Å². The summed E-state index contributed by atoms with van der Waals surface area (Å²) in [5, 5.41) is 1.49. The number of benzene rings is 2. The van der Waals surface area contributed by atoms with E-state index >= 15 is 0 Å². The van der Waals surface area contributed by atoms with Gasteiger partial charge in [-0.2, -0.15) is 0 Å². The third-order valence-electron chi connectivity index (χ3n) is 3.65. The van der Waals surface area contributed by atoms with Crippen molar-refractivity contribution in [2.24, 2.45) is 0 Å². The van der Waals surface area contributed by atoms with Crippen LogP contribution in [0.15, 0.2) is 67.4 Å². The van der Waals surface area contributed by atoms with Crippen molar-refractivity contribution in [1.29, 1.82) is 0 Å². The second kappa shape index (κ2) is 5.59. The Kier molecular flexibility index (Phi) is 3.42. The minimum absolute atomic E-state index is 0.354. The van der Waals surface area contributed by atoms with Crippen LogP contribution in [-0.4, -0.2) is 4.98 Å². The van der Waals surface area contributed by atoms with E-state index in [1.807, 2.05) is 31.2 Å². The van der Waals surface area contributed by atoms with Crippen LogP contribution in [0.25, 0.3) is 22.1 Å². The summed E-state index contributed by atoms with van der Waals surface area (Å²) in [7, 11) is 0. The molecule has 2 aromatic heterocycles. The van der Waals surface area contributed by atoms with E-state index in [0.717, 1.165) is 22.2 Å². The average molecular weight is 323 g/mol. The van der Waals surface area contributed by atoms with Gasteiger partial charge < -0.3 is 8.83 Å². The van der Waals surface area contributed by atoms with Crippen LogP contribution in [0, 0.1) is 6.92 Å². The van der Waals surface area contributed by atoms with E-state index in [2.05, 4.69) is 17.1 Å². The van der Waals surface area contributed by atoms with Crippen LogP contribution >= 0.6 is 11.8 Å². The Bertz CT molecular complexity index is 1050. The van der Waals surface area contributed by atoms with E-state index in [1.54, 1.807) is 17.8 Å². The highest BCUT2D eigenvalue weighted by Crippen LogP contribution is 2.29. The van der Waals surface area contributed by atoms with Gasteiger partial charge in [-0.3, -0.25) is 0 Å². The first-order chi connectivity index (χ1) is 11.2. The number of fused-ring (bicyclic) bond motifs is 2. The van der Waals surface area contributed by atoms with Crippen LogP contribution in [-0.2, 0) is 5.75 Å². The summed E-state index contributed by atoms with van der Waals surface area (Å²) in [6, 6.07) is 15.3. The molecule has 0 radical (unpaired) electrons. The maximum atomic E-state index is 11.5. The Balaban J connectivity index is 1.71. The van der Waals surface area contributed by atoms with Crippen molar-refractivity contribution < 1.29 is 8.83 Å². The van der Waals surface area contributed by atoms with Gasteiger partial charge >= 0.3 is 5.63 Å². The van der Waals surface area contributed by atoms with Crippen LogP contribution in [0.1, 0.15) is 11.1 Å². The first-order valence-electron chi connectivity index (χ1n) is 7.21. The molecule has 0 N–H and O–H groups in total. The molecule has 23 heavy (non-hydrogen) atoms. The fourth-order valence-corrected chi connectivity index (χ4v) is 3.29. The number of aromatic nitrogens is 1. The van der Waals surface area contributed by atoms with Crippen molar-refractivity contribution in [2.45, 2.75) is 17.9 Å². The number of thioether (sulfide) groups is 1. The van der Waals surface area contributed by atoms with Crippen LogP contribution in [0.5, 0.6) is 0 Å². The van der Waals surface area contributed by atoms with Crippen LogP contribution in [0.3, 0.4) is 0 Å². The lowest BCUT2D eigenvalue weighted by molar-refractivity contribution is 0.488. The molecule has 4 aromatic rings. The monoisotopic (exact) mass is 323 g/mol. The normalized spacial score (nSPS) is 11.3. The lowest BCUT2D eigenvalue weighted by Gasteiger charge is -1.98. The minimum Gasteiger partial charge on any atom is -0.431 e. The Hall–Kier alpha value is -2.53. The van der Waals surface area contributed by atoms with Crippen LogP contribution < -0.4 is 5.63 Å². The van der Waals surface area contributed by atoms with E-state index in [1.165, 1.54) is 11.6 Å². The fourth-order valence-electron chi connectivity index (χ4n) is 2.50. The third kappa shape index (κ3) is 2.75. The molecule has 2 heterocycles. The Morgan fingerprint density at radius 1 is 1.04 bits per heavy atom. The topological polar surface area (TPSA) is 56.2 Å². The molecule has 0 bridgehead atoms. The lowest BCUT2D eigenvalue weighted by Crippen LogP contribution is -1.97. The van der Waals surface area contributed by atoms with Gasteiger partial charge in [-0.05, 0) is 24.1 Å². The predicted octanol–water partition coefficient (Wildman–Crippen LogP) is 4.53. The Morgan fingerprint density at radius 2 is 1.87 bits per heavy atom. The zero-order valence-electron chi connectivity index (χ0n) is 12.4. The van der Waals surface area contributed by atoms with Crippen molar-refractivity contribution in [3.8, 4) is 0 Å². The molecule has 0 atom stereocenters.